The van der Waals surface area contributed by atoms with E-state index in [1.54, 1.807) is 14.2 Å². The first-order chi connectivity index (χ1) is 15.2. The van der Waals surface area contributed by atoms with Gasteiger partial charge in [0, 0.05) is 29.2 Å². The van der Waals surface area contributed by atoms with Gasteiger partial charge in [-0.25, -0.2) is 0 Å². The van der Waals surface area contributed by atoms with Gasteiger partial charge in [0.05, 0.1) is 33.0 Å². The molecule has 182 valence electrons. The number of aliphatic hydroxyl groups is 1. The van der Waals surface area contributed by atoms with Crippen molar-refractivity contribution in [2.45, 2.75) is 64.3 Å². The summed E-state index contributed by atoms with van der Waals surface area (Å²) in [4.78, 5) is 0. The molecular weight excluding hydrogens is 468 g/mol. The molecule has 8 nitrogen and oxygen atoms in total. The van der Waals surface area contributed by atoms with Crippen molar-refractivity contribution in [2.75, 3.05) is 27.4 Å². The zero-order chi connectivity index (χ0) is 25.0. The number of aryl methyl sites for hydroxylation is 1. The van der Waals surface area contributed by atoms with E-state index in [2.05, 4.69) is 33.8 Å². The zero-order valence-corrected chi connectivity index (χ0v) is 21.1. The molecule has 0 aromatic heterocycles. The summed E-state index contributed by atoms with van der Waals surface area (Å²) in [7, 11) is 3.26. The van der Waals surface area contributed by atoms with Crippen molar-refractivity contribution in [1.82, 2.24) is 0 Å². The third kappa shape index (κ3) is 8.96. The fourth-order valence-corrected chi connectivity index (χ4v) is 3.88. The average molecular weight is 501 g/mol. The Hall–Kier alpha value is -1.55. The molecule has 9 heteroatoms. The molecule has 1 aliphatic heterocycles. The van der Waals surface area contributed by atoms with Crippen LogP contribution in [0.4, 0.5) is 0 Å². The van der Waals surface area contributed by atoms with E-state index in [4.69, 9.17) is 32.9 Å². The van der Waals surface area contributed by atoms with Crippen molar-refractivity contribution in [3.63, 3.8) is 0 Å². The second-order valence-corrected chi connectivity index (χ2v) is 8.62. The summed E-state index contributed by atoms with van der Waals surface area (Å²) in [5.41, 5.74) is 1.22. The van der Waals surface area contributed by atoms with E-state index in [1.807, 2.05) is 19.1 Å². The molecule has 1 N–H and O–H groups in total. The van der Waals surface area contributed by atoms with Gasteiger partial charge in [-0.3, -0.25) is 0 Å². The molecule has 1 fully saturated rings. The van der Waals surface area contributed by atoms with Gasteiger partial charge < -0.3 is 24.1 Å². The maximum absolute atomic E-state index is 11.4. The quantitative estimate of drug-likeness (QED) is 0.489. The smallest absolute Gasteiger partial charge is 0 e. The fraction of sp³-hybridized carbons (Fsp3) is 0.625. The Labute approximate surface area is 207 Å². The van der Waals surface area contributed by atoms with E-state index >= 15 is 0 Å². The minimum Gasteiger partial charge on any atom is 0 e. The normalized spacial score (nSPS) is 21.3. The summed E-state index contributed by atoms with van der Waals surface area (Å²) < 4.78 is 45.4. The van der Waals surface area contributed by atoms with Crippen LogP contribution in [0.1, 0.15) is 57.6 Å². The first kappa shape index (κ1) is 33.6. The summed E-state index contributed by atoms with van der Waals surface area (Å²) in [6.07, 6.45) is 3.86. The van der Waals surface area contributed by atoms with E-state index in [1.165, 1.54) is 0 Å². The SMILES string of the molecule is COc1cc2c(cc1OC)[C@](O)(CCC1(C)OCC(C)(C)CO1)CCC2.[C-]#[O+].[C-]#[O+].[C-]#[O+].[Cr]. The number of rotatable bonds is 5. The first-order valence-corrected chi connectivity index (χ1v) is 10.1. The second kappa shape index (κ2) is 15.4. The summed E-state index contributed by atoms with van der Waals surface area (Å²) in [5, 5.41) is 11.4. The molecule has 0 bridgehead atoms. The third-order valence-corrected chi connectivity index (χ3v) is 5.68. The van der Waals surface area contributed by atoms with Crippen molar-refractivity contribution in [2.24, 2.45) is 5.41 Å². The standard InChI is InChI=1S/C21H32O5.3CO.Cr/c1-19(2)13-25-20(3,26-14-19)9-10-21(22)8-6-7-15-11-17(23-4)18(24-5)12-16(15)21;3*1-2;/h11-12,22H,6-10,13-14H2,1-5H3;;;;/t21-;;;;/m1..../s1. The molecule has 3 rings (SSSR count). The predicted molar refractivity (Wildman–Crippen MR) is 111 cm³/mol. The Kier molecular flexibility index (Phi) is 15.7. The van der Waals surface area contributed by atoms with Crippen LogP contribution < -0.4 is 9.47 Å². The summed E-state index contributed by atoms with van der Waals surface area (Å²) in [6.45, 7) is 21.1. The summed E-state index contributed by atoms with van der Waals surface area (Å²) in [6, 6.07) is 3.93. The van der Waals surface area contributed by atoms with Gasteiger partial charge in [-0.15, -0.1) is 0 Å². The molecule has 0 saturated carbocycles. The largest absolute Gasteiger partial charge is 0 e. The molecule has 1 aromatic carbocycles. The minimum absolute atomic E-state index is 0. The Morgan fingerprint density at radius 3 is 1.88 bits per heavy atom. The number of benzene rings is 1. The number of hydrogen-bond acceptors (Lipinski definition) is 5. The zero-order valence-electron chi connectivity index (χ0n) is 19.8. The van der Waals surface area contributed by atoms with Gasteiger partial charge in [-0.1, -0.05) is 13.8 Å². The molecule has 33 heavy (non-hydrogen) atoms. The van der Waals surface area contributed by atoms with Crippen LogP contribution in [0.2, 0.25) is 0 Å². The van der Waals surface area contributed by atoms with Crippen LogP contribution in [0.3, 0.4) is 0 Å². The number of methoxy groups -OCH3 is 2. The number of fused-ring (bicyclic) bond motifs is 1. The average Bonchev–Trinajstić information content (AvgIpc) is 2.83. The monoisotopic (exact) mass is 500 g/mol. The van der Waals surface area contributed by atoms with Crippen LogP contribution in [-0.2, 0) is 52.8 Å². The van der Waals surface area contributed by atoms with Crippen LogP contribution in [0.5, 0.6) is 11.5 Å². The molecule has 0 amide bonds. The topological polar surface area (TPSA) is 117 Å². The molecule has 2 aliphatic rings. The van der Waals surface area contributed by atoms with Gasteiger partial charge >= 0.3 is 33.9 Å². The molecule has 1 heterocycles. The van der Waals surface area contributed by atoms with Crippen LogP contribution in [-0.4, -0.2) is 38.3 Å². The van der Waals surface area contributed by atoms with E-state index in [0.717, 1.165) is 30.4 Å². The van der Waals surface area contributed by atoms with Crippen LogP contribution in [0, 0.1) is 25.4 Å². The summed E-state index contributed by atoms with van der Waals surface area (Å²) >= 11 is 0. The first-order valence-electron chi connectivity index (χ1n) is 10.1. The Balaban J connectivity index is 0. The van der Waals surface area contributed by atoms with Gasteiger partial charge in [-0.05, 0) is 55.9 Å². The van der Waals surface area contributed by atoms with Gasteiger partial charge in [0.25, 0.3) is 0 Å². The van der Waals surface area contributed by atoms with Crippen LogP contribution in [0.25, 0.3) is 0 Å². The van der Waals surface area contributed by atoms with Crippen molar-refractivity contribution in [3.05, 3.63) is 43.2 Å². The van der Waals surface area contributed by atoms with Gasteiger partial charge in [0.1, 0.15) is 0 Å². The maximum Gasteiger partial charge on any atom is 0 e. The third-order valence-electron chi connectivity index (χ3n) is 5.68. The molecule has 0 unspecified atom stereocenters. The van der Waals surface area contributed by atoms with Crippen molar-refractivity contribution < 1.29 is 55.4 Å². The number of hydrogen-bond donors (Lipinski definition) is 1. The molecule has 1 aromatic rings. The predicted octanol–water partition coefficient (Wildman–Crippen LogP) is 3.68. The van der Waals surface area contributed by atoms with Gasteiger partial charge in [0.15, 0.2) is 17.3 Å². The molecule has 1 aliphatic carbocycles. The Bertz CT molecular complexity index is 762. The number of ether oxygens (including phenoxy) is 4. The van der Waals surface area contributed by atoms with E-state index in [0.29, 0.717) is 37.6 Å². The molecule has 0 radical (unpaired) electrons. The molecule has 1 saturated heterocycles. The molecule has 0 spiro atoms. The Morgan fingerprint density at radius 2 is 1.39 bits per heavy atom. The van der Waals surface area contributed by atoms with E-state index < -0.39 is 11.4 Å². The maximum atomic E-state index is 11.4. The Morgan fingerprint density at radius 1 is 0.909 bits per heavy atom. The van der Waals surface area contributed by atoms with Crippen LogP contribution >= 0.6 is 0 Å². The van der Waals surface area contributed by atoms with Crippen molar-refractivity contribution in [1.29, 1.82) is 0 Å². The molecular formula is C24H32CrO8. The van der Waals surface area contributed by atoms with Gasteiger partial charge in [0.2, 0.25) is 0 Å². The fourth-order valence-electron chi connectivity index (χ4n) is 3.88. The minimum atomic E-state index is -0.893. The molecule has 1 atom stereocenters. The van der Waals surface area contributed by atoms with E-state index in [9.17, 15) is 5.11 Å². The summed E-state index contributed by atoms with van der Waals surface area (Å²) in [5.74, 6) is 0.729. The van der Waals surface area contributed by atoms with Gasteiger partial charge in [-0.2, -0.15) is 0 Å². The van der Waals surface area contributed by atoms with E-state index in [-0.39, 0.29) is 22.8 Å². The second-order valence-electron chi connectivity index (χ2n) is 8.62. The van der Waals surface area contributed by atoms with Crippen molar-refractivity contribution >= 4 is 0 Å². The van der Waals surface area contributed by atoms with Crippen molar-refractivity contribution in [3.8, 4) is 11.5 Å². The van der Waals surface area contributed by atoms with Crippen LogP contribution in [0.15, 0.2) is 12.1 Å².